The van der Waals surface area contributed by atoms with Crippen LogP contribution in [0, 0.1) is 0 Å². The van der Waals surface area contributed by atoms with Crippen molar-refractivity contribution in [2.24, 2.45) is 0 Å². The molecule has 0 aliphatic carbocycles. The van der Waals surface area contributed by atoms with Crippen molar-refractivity contribution in [1.29, 1.82) is 0 Å². The van der Waals surface area contributed by atoms with E-state index < -0.39 is 0 Å². The third-order valence-corrected chi connectivity index (χ3v) is 2.76. The van der Waals surface area contributed by atoms with Crippen LogP contribution in [0.5, 0.6) is 0 Å². The molecular weight excluding hydrogens is 234 g/mol. The summed E-state index contributed by atoms with van der Waals surface area (Å²) in [7, 11) is 0. The van der Waals surface area contributed by atoms with Crippen molar-refractivity contribution in [2.75, 3.05) is 11.9 Å². The number of aromatic nitrogens is 2. The monoisotopic (exact) mass is 255 g/mol. The normalized spacial score (nSPS) is 10.9. The minimum absolute atomic E-state index is 0.300. The van der Waals surface area contributed by atoms with Gasteiger partial charge in [-0.05, 0) is 6.42 Å². The van der Waals surface area contributed by atoms with Crippen LogP contribution in [0.2, 0.25) is 5.15 Å². The van der Waals surface area contributed by atoms with Gasteiger partial charge in [-0.25, -0.2) is 9.97 Å². The van der Waals surface area contributed by atoms with E-state index in [-0.39, 0.29) is 0 Å². The van der Waals surface area contributed by atoms with Gasteiger partial charge < -0.3 is 5.32 Å². The molecule has 4 heteroatoms. The Balaban J connectivity index is 2.47. The molecule has 0 aliphatic heterocycles. The number of rotatable bonds is 7. The van der Waals surface area contributed by atoms with Crippen LogP contribution in [-0.4, -0.2) is 16.5 Å². The second-order valence-electron chi connectivity index (χ2n) is 4.58. The number of halogens is 1. The lowest BCUT2D eigenvalue weighted by molar-refractivity contribution is 0.683. The standard InChI is InChI=1S/C13H22ClN3/c1-4-5-6-7-8-15-12-9-11(14)16-13(17-12)10(2)3/h9-10H,4-8H2,1-3H3,(H,15,16,17). The molecule has 96 valence electrons. The molecule has 0 unspecified atom stereocenters. The molecule has 1 rings (SSSR count). The van der Waals surface area contributed by atoms with Gasteiger partial charge in [0.2, 0.25) is 0 Å². The molecule has 0 aromatic carbocycles. The van der Waals surface area contributed by atoms with Crippen molar-refractivity contribution in [1.82, 2.24) is 9.97 Å². The summed E-state index contributed by atoms with van der Waals surface area (Å²) in [6, 6.07) is 1.78. The molecular formula is C13H22ClN3. The average molecular weight is 256 g/mol. The van der Waals surface area contributed by atoms with Crippen LogP contribution in [0.4, 0.5) is 5.82 Å². The third-order valence-electron chi connectivity index (χ3n) is 2.57. The molecule has 1 aromatic rings. The lowest BCUT2D eigenvalue weighted by Crippen LogP contribution is -2.06. The predicted molar refractivity (Wildman–Crippen MR) is 73.8 cm³/mol. The van der Waals surface area contributed by atoms with Gasteiger partial charge >= 0.3 is 0 Å². The van der Waals surface area contributed by atoms with Crippen LogP contribution in [-0.2, 0) is 0 Å². The molecule has 0 amide bonds. The van der Waals surface area contributed by atoms with Crippen molar-refractivity contribution in [3.8, 4) is 0 Å². The van der Waals surface area contributed by atoms with E-state index in [4.69, 9.17) is 11.6 Å². The number of nitrogens with one attached hydrogen (secondary N) is 1. The SMILES string of the molecule is CCCCCCNc1cc(Cl)nc(C(C)C)n1. The number of nitrogens with zero attached hydrogens (tertiary/aromatic N) is 2. The highest BCUT2D eigenvalue weighted by atomic mass is 35.5. The van der Waals surface area contributed by atoms with Gasteiger partial charge in [-0.2, -0.15) is 0 Å². The van der Waals surface area contributed by atoms with Crippen LogP contribution in [0.1, 0.15) is 58.2 Å². The van der Waals surface area contributed by atoms with Gasteiger partial charge in [0.05, 0.1) is 0 Å². The Bertz CT molecular complexity index is 339. The first-order chi connectivity index (χ1) is 8.13. The molecule has 0 bridgehead atoms. The van der Waals surface area contributed by atoms with E-state index in [9.17, 15) is 0 Å². The van der Waals surface area contributed by atoms with Crippen molar-refractivity contribution >= 4 is 17.4 Å². The molecule has 0 radical (unpaired) electrons. The number of hydrogen-bond acceptors (Lipinski definition) is 3. The number of anilines is 1. The zero-order valence-corrected chi connectivity index (χ0v) is 11.7. The molecule has 0 fully saturated rings. The van der Waals surface area contributed by atoms with Gasteiger partial charge in [-0.3, -0.25) is 0 Å². The highest BCUT2D eigenvalue weighted by molar-refractivity contribution is 6.29. The Morgan fingerprint density at radius 2 is 2.00 bits per heavy atom. The van der Waals surface area contributed by atoms with Crippen LogP contribution >= 0.6 is 11.6 Å². The molecule has 1 aromatic heterocycles. The van der Waals surface area contributed by atoms with Crippen LogP contribution in [0.25, 0.3) is 0 Å². The number of hydrogen-bond donors (Lipinski definition) is 1. The highest BCUT2D eigenvalue weighted by Crippen LogP contribution is 2.16. The quantitative estimate of drug-likeness (QED) is 0.585. The summed E-state index contributed by atoms with van der Waals surface area (Å²) in [6.07, 6.45) is 4.99. The molecule has 0 spiro atoms. The second kappa shape index (κ2) is 7.49. The average Bonchev–Trinajstić information content (AvgIpc) is 2.28. The largest absolute Gasteiger partial charge is 0.370 e. The maximum Gasteiger partial charge on any atom is 0.135 e. The molecule has 0 atom stereocenters. The van der Waals surface area contributed by atoms with E-state index in [0.29, 0.717) is 11.1 Å². The summed E-state index contributed by atoms with van der Waals surface area (Å²) in [6.45, 7) is 7.30. The molecule has 0 saturated carbocycles. The van der Waals surface area contributed by atoms with Crippen LogP contribution in [0.15, 0.2) is 6.07 Å². The van der Waals surface area contributed by atoms with Crippen molar-refractivity contribution < 1.29 is 0 Å². The van der Waals surface area contributed by atoms with E-state index in [1.54, 1.807) is 6.07 Å². The Morgan fingerprint density at radius 1 is 1.24 bits per heavy atom. The van der Waals surface area contributed by atoms with E-state index in [0.717, 1.165) is 18.2 Å². The maximum absolute atomic E-state index is 5.97. The van der Waals surface area contributed by atoms with Crippen LogP contribution in [0.3, 0.4) is 0 Å². The van der Waals surface area contributed by atoms with Gasteiger partial charge in [-0.1, -0.05) is 51.6 Å². The first-order valence-corrected chi connectivity index (χ1v) is 6.79. The second-order valence-corrected chi connectivity index (χ2v) is 4.96. The fourth-order valence-corrected chi connectivity index (χ4v) is 1.74. The zero-order valence-electron chi connectivity index (χ0n) is 11.0. The Hall–Kier alpha value is -0.830. The lowest BCUT2D eigenvalue weighted by Gasteiger charge is -2.09. The first-order valence-electron chi connectivity index (χ1n) is 6.41. The molecule has 0 saturated heterocycles. The van der Waals surface area contributed by atoms with Gasteiger partial charge in [0.1, 0.15) is 16.8 Å². The van der Waals surface area contributed by atoms with Gasteiger partial charge in [0.15, 0.2) is 0 Å². The molecule has 3 nitrogen and oxygen atoms in total. The zero-order chi connectivity index (χ0) is 12.7. The van der Waals surface area contributed by atoms with E-state index in [2.05, 4.69) is 36.1 Å². The van der Waals surface area contributed by atoms with Gasteiger partial charge in [0.25, 0.3) is 0 Å². The topological polar surface area (TPSA) is 37.8 Å². The molecule has 1 heterocycles. The highest BCUT2D eigenvalue weighted by Gasteiger charge is 2.06. The van der Waals surface area contributed by atoms with Crippen molar-refractivity contribution in [3.63, 3.8) is 0 Å². The number of unbranched alkanes of at least 4 members (excludes halogenated alkanes) is 3. The van der Waals surface area contributed by atoms with Crippen LogP contribution < -0.4 is 5.32 Å². The summed E-state index contributed by atoms with van der Waals surface area (Å²) in [4.78, 5) is 8.65. The third kappa shape index (κ3) is 5.35. The lowest BCUT2D eigenvalue weighted by atomic mass is 10.2. The van der Waals surface area contributed by atoms with E-state index in [1.165, 1.54) is 25.7 Å². The molecule has 0 aliphatic rings. The van der Waals surface area contributed by atoms with E-state index in [1.807, 2.05) is 0 Å². The molecule has 1 N–H and O–H groups in total. The minimum atomic E-state index is 0.300. The molecule has 17 heavy (non-hydrogen) atoms. The minimum Gasteiger partial charge on any atom is -0.370 e. The fourth-order valence-electron chi connectivity index (χ4n) is 1.55. The summed E-state index contributed by atoms with van der Waals surface area (Å²) in [5.74, 6) is 1.94. The Kier molecular flexibility index (Phi) is 6.27. The van der Waals surface area contributed by atoms with Gasteiger partial charge in [0, 0.05) is 18.5 Å². The smallest absolute Gasteiger partial charge is 0.135 e. The fraction of sp³-hybridized carbons (Fsp3) is 0.692. The summed E-state index contributed by atoms with van der Waals surface area (Å²) >= 11 is 5.97. The van der Waals surface area contributed by atoms with E-state index >= 15 is 0 Å². The van der Waals surface area contributed by atoms with Crippen molar-refractivity contribution in [2.45, 2.75) is 52.4 Å². The summed E-state index contributed by atoms with van der Waals surface area (Å²) < 4.78 is 0. The maximum atomic E-state index is 5.97. The van der Waals surface area contributed by atoms with Gasteiger partial charge in [-0.15, -0.1) is 0 Å². The summed E-state index contributed by atoms with van der Waals surface area (Å²) in [5, 5.41) is 3.82. The Morgan fingerprint density at radius 3 is 2.65 bits per heavy atom. The summed E-state index contributed by atoms with van der Waals surface area (Å²) in [5.41, 5.74) is 0. The predicted octanol–water partition coefficient (Wildman–Crippen LogP) is 4.25. The van der Waals surface area contributed by atoms with Crippen molar-refractivity contribution in [3.05, 3.63) is 17.0 Å². The first kappa shape index (κ1) is 14.2. The Labute approximate surface area is 109 Å².